The quantitative estimate of drug-likeness (QED) is 0.589. The standard InChI is InChI=1S/C18H12Cl2N2O2S/c19-13-8-4-7-12(16(13)20)14-9-10-15(24-14)17(23)22-18(25)21-11-5-2-1-3-6-11/h1-10H,(H2,21,22,23,25). The van der Waals surface area contributed by atoms with Crippen molar-refractivity contribution in [3.05, 3.63) is 76.5 Å². The molecule has 0 aliphatic rings. The van der Waals surface area contributed by atoms with E-state index in [0.717, 1.165) is 5.69 Å². The largest absolute Gasteiger partial charge is 0.451 e. The monoisotopic (exact) mass is 390 g/mol. The van der Waals surface area contributed by atoms with Crippen molar-refractivity contribution in [3.8, 4) is 11.3 Å². The fraction of sp³-hybridized carbons (Fsp3) is 0. The first kappa shape index (κ1) is 17.5. The van der Waals surface area contributed by atoms with Crippen LogP contribution in [0.15, 0.2) is 65.1 Å². The Labute approximate surface area is 159 Å². The zero-order valence-corrected chi connectivity index (χ0v) is 15.1. The summed E-state index contributed by atoms with van der Waals surface area (Å²) in [6.45, 7) is 0. The molecule has 0 radical (unpaired) electrons. The van der Waals surface area contributed by atoms with E-state index in [1.807, 2.05) is 30.3 Å². The molecule has 2 aromatic carbocycles. The highest BCUT2D eigenvalue weighted by Gasteiger charge is 2.16. The lowest BCUT2D eigenvalue weighted by Crippen LogP contribution is -2.33. The topological polar surface area (TPSA) is 54.3 Å². The minimum Gasteiger partial charge on any atom is -0.451 e. The molecule has 0 fully saturated rings. The minimum atomic E-state index is -0.460. The van der Waals surface area contributed by atoms with Crippen LogP contribution in [0, 0.1) is 0 Å². The van der Waals surface area contributed by atoms with E-state index in [4.69, 9.17) is 39.8 Å². The summed E-state index contributed by atoms with van der Waals surface area (Å²) in [6, 6.07) is 17.7. The maximum absolute atomic E-state index is 12.3. The van der Waals surface area contributed by atoms with Gasteiger partial charge in [0.15, 0.2) is 10.9 Å². The maximum Gasteiger partial charge on any atom is 0.293 e. The first-order valence-corrected chi connectivity index (χ1v) is 8.42. The second-order valence-electron chi connectivity index (χ2n) is 5.04. The first-order valence-electron chi connectivity index (χ1n) is 7.26. The summed E-state index contributed by atoms with van der Waals surface area (Å²) in [6.07, 6.45) is 0. The second kappa shape index (κ2) is 7.70. The van der Waals surface area contributed by atoms with E-state index in [0.29, 0.717) is 21.4 Å². The third-order valence-electron chi connectivity index (χ3n) is 3.31. The van der Waals surface area contributed by atoms with Gasteiger partial charge in [0.05, 0.1) is 10.0 Å². The minimum absolute atomic E-state index is 0.114. The van der Waals surface area contributed by atoms with E-state index in [1.54, 1.807) is 30.3 Å². The summed E-state index contributed by atoms with van der Waals surface area (Å²) >= 11 is 17.3. The summed E-state index contributed by atoms with van der Waals surface area (Å²) < 4.78 is 5.58. The van der Waals surface area contributed by atoms with Crippen molar-refractivity contribution in [2.45, 2.75) is 0 Å². The van der Waals surface area contributed by atoms with Gasteiger partial charge in [-0.15, -0.1) is 0 Å². The molecular weight excluding hydrogens is 379 g/mol. The number of benzene rings is 2. The van der Waals surface area contributed by atoms with Crippen molar-refractivity contribution >= 4 is 52.1 Å². The summed E-state index contributed by atoms with van der Waals surface area (Å²) in [4.78, 5) is 12.3. The number of halogens is 2. The average molecular weight is 391 g/mol. The Balaban J connectivity index is 1.70. The normalized spacial score (nSPS) is 10.3. The van der Waals surface area contributed by atoms with Crippen LogP contribution in [0.3, 0.4) is 0 Å². The molecule has 7 heteroatoms. The van der Waals surface area contributed by atoms with Crippen molar-refractivity contribution in [1.29, 1.82) is 0 Å². The molecule has 3 rings (SSSR count). The molecular formula is C18H12Cl2N2O2S. The Kier molecular flexibility index (Phi) is 5.38. The van der Waals surface area contributed by atoms with E-state index in [9.17, 15) is 4.79 Å². The lowest BCUT2D eigenvalue weighted by molar-refractivity contribution is 0.0951. The van der Waals surface area contributed by atoms with Gasteiger partial charge in [-0.05, 0) is 48.6 Å². The third-order valence-corrected chi connectivity index (χ3v) is 4.33. The van der Waals surface area contributed by atoms with E-state index < -0.39 is 5.91 Å². The number of rotatable bonds is 3. The van der Waals surface area contributed by atoms with Crippen molar-refractivity contribution in [3.63, 3.8) is 0 Å². The number of amides is 1. The van der Waals surface area contributed by atoms with Crippen LogP contribution in [-0.4, -0.2) is 11.0 Å². The molecule has 0 atom stereocenters. The Morgan fingerprint density at radius 2 is 1.72 bits per heavy atom. The van der Waals surface area contributed by atoms with Crippen LogP contribution >= 0.6 is 35.4 Å². The number of thiocarbonyl (C=S) groups is 1. The van der Waals surface area contributed by atoms with Crippen molar-refractivity contribution < 1.29 is 9.21 Å². The molecule has 126 valence electrons. The van der Waals surface area contributed by atoms with Gasteiger partial charge in [-0.1, -0.05) is 47.5 Å². The lowest BCUT2D eigenvalue weighted by atomic mass is 10.2. The molecule has 0 unspecified atom stereocenters. The molecule has 1 heterocycles. The fourth-order valence-corrected chi connectivity index (χ4v) is 2.75. The van der Waals surface area contributed by atoms with Crippen LogP contribution in [0.5, 0.6) is 0 Å². The van der Waals surface area contributed by atoms with Gasteiger partial charge in [-0.25, -0.2) is 0 Å². The smallest absolute Gasteiger partial charge is 0.293 e. The Bertz CT molecular complexity index is 926. The third kappa shape index (κ3) is 4.20. The van der Waals surface area contributed by atoms with Crippen molar-refractivity contribution in [2.75, 3.05) is 5.32 Å². The first-order chi connectivity index (χ1) is 12.0. The SMILES string of the molecule is O=C(NC(=S)Nc1ccccc1)c1ccc(-c2cccc(Cl)c2Cl)o1. The summed E-state index contributed by atoms with van der Waals surface area (Å²) in [5, 5.41) is 6.44. The van der Waals surface area contributed by atoms with Crippen molar-refractivity contribution in [1.82, 2.24) is 5.32 Å². The highest BCUT2D eigenvalue weighted by molar-refractivity contribution is 7.80. The number of para-hydroxylation sites is 1. The predicted octanol–water partition coefficient (Wildman–Crippen LogP) is 5.38. The van der Waals surface area contributed by atoms with Gasteiger partial charge in [0.1, 0.15) is 5.76 Å². The number of carbonyl (C=O) groups excluding carboxylic acids is 1. The van der Waals surface area contributed by atoms with Crippen LogP contribution < -0.4 is 10.6 Å². The van der Waals surface area contributed by atoms with Crippen molar-refractivity contribution in [2.24, 2.45) is 0 Å². The van der Waals surface area contributed by atoms with Gasteiger partial charge in [0.2, 0.25) is 0 Å². The van der Waals surface area contributed by atoms with Gasteiger partial charge < -0.3 is 9.73 Å². The van der Waals surface area contributed by atoms with E-state index in [2.05, 4.69) is 10.6 Å². The number of nitrogens with one attached hydrogen (secondary N) is 2. The Morgan fingerprint density at radius 1 is 0.960 bits per heavy atom. The number of furan rings is 1. The zero-order chi connectivity index (χ0) is 17.8. The molecule has 25 heavy (non-hydrogen) atoms. The molecule has 3 aromatic rings. The molecule has 0 bridgehead atoms. The van der Waals surface area contributed by atoms with Gasteiger partial charge in [0, 0.05) is 11.3 Å². The van der Waals surface area contributed by atoms with Crippen LogP contribution in [0.25, 0.3) is 11.3 Å². The van der Waals surface area contributed by atoms with Crippen LogP contribution in [0.2, 0.25) is 10.0 Å². The van der Waals surface area contributed by atoms with E-state index in [1.165, 1.54) is 0 Å². The molecule has 0 aliphatic carbocycles. The fourth-order valence-electron chi connectivity index (χ4n) is 2.15. The zero-order valence-electron chi connectivity index (χ0n) is 12.8. The molecule has 0 saturated carbocycles. The average Bonchev–Trinajstić information content (AvgIpc) is 3.08. The van der Waals surface area contributed by atoms with Gasteiger partial charge in [-0.2, -0.15) is 0 Å². The summed E-state index contributed by atoms with van der Waals surface area (Å²) in [5.41, 5.74) is 1.39. The number of hydrogen-bond donors (Lipinski definition) is 2. The predicted molar refractivity (Wildman–Crippen MR) is 104 cm³/mol. The molecule has 1 aromatic heterocycles. The molecule has 4 nitrogen and oxygen atoms in total. The number of anilines is 1. The van der Waals surface area contributed by atoms with E-state index in [-0.39, 0.29) is 10.9 Å². The second-order valence-corrected chi connectivity index (χ2v) is 6.23. The molecule has 0 spiro atoms. The number of carbonyl (C=O) groups is 1. The molecule has 1 amide bonds. The highest BCUT2D eigenvalue weighted by Crippen LogP contribution is 2.34. The molecule has 0 aliphatic heterocycles. The van der Waals surface area contributed by atoms with Crippen LogP contribution in [-0.2, 0) is 0 Å². The molecule has 0 saturated heterocycles. The molecule has 2 N–H and O–H groups in total. The van der Waals surface area contributed by atoms with Gasteiger partial charge >= 0.3 is 0 Å². The Hall–Kier alpha value is -2.34. The number of hydrogen-bond acceptors (Lipinski definition) is 3. The van der Waals surface area contributed by atoms with Crippen LogP contribution in [0.1, 0.15) is 10.6 Å². The summed E-state index contributed by atoms with van der Waals surface area (Å²) in [7, 11) is 0. The van der Waals surface area contributed by atoms with Gasteiger partial charge in [0.25, 0.3) is 5.91 Å². The highest BCUT2D eigenvalue weighted by atomic mass is 35.5. The van der Waals surface area contributed by atoms with Crippen LogP contribution in [0.4, 0.5) is 5.69 Å². The maximum atomic E-state index is 12.3. The van der Waals surface area contributed by atoms with E-state index >= 15 is 0 Å². The summed E-state index contributed by atoms with van der Waals surface area (Å²) in [5.74, 6) is 0.0978. The van der Waals surface area contributed by atoms with Gasteiger partial charge in [-0.3, -0.25) is 10.1 Å². The Morgan fingerprint density at radius 3 is 2.48 bits per heavy atom. The lowest BCUT2D eigenvalue weighted by Gasteiger charge is -2.08.